The van der Waals surface area contributed by atoms with Gasteiger partial charge in [0, 0.05) is 25.7 Å². The number of allylic oxidation sites excluding steroid dienone is 22. The summed E-state index contributed by atoms with van der Waals surface area (Å²) in [5.74, 6) is -2.23. The number of carbonyl (C=O) groups is 4. The first-order valence-electron chi connectivity index (χ1n) is 40.4. The maximum Gasteiger partial charge on any atom is 0.472 e. The van der Waals surface area contributed by atoms with Crippen molar-refractivity contribution in [3.63, 3.8) is 0 Å². The van der Waals surface area contributed by atoms with Crippen LogP contribution in [0.3, 0.4) is 0 Å². The highest BCUT2D eigenvalue weighted by Crippen LogP contribution is 2.45. The van der Waals surface area contributed by atoms with Gasteiger partial charge in [-0.2, -0.15) is 0 Å². The van der Waals surface area contributed by atoms with Crippen LogP contribution in [0.5, 0.6) is 0 Å². The molecule has 0 amide bonds. The number of ether oxygens (including phenoxy) is 4. The molecule has 0 aliphatic carbocycles. The predicted molar refractivity (Wildman–Crippen MR) is 427 cm³/mol. The Morgan fingerprint density at radius 1 is 0.279 bits per heavy atom. The van der Waals surface area contributed by atoms with Crippen LogP contribution in [0.15, 0.2) is 134 Å². The van der Waals surface area contributed by atoms with Crippen molar-refractivity contribution in [2.45, 2.75) is 341 Å². The zero-order valence-corrected chi connectivity index (χ0v) is 66.9. The van der Waals surface area contributed by atoms with Crippen molar-refractivity contribution < 1.29 is 80.2 Å². The molecule has 0 heterocycles. The number of rotatable bonds is 75. The molecule has 5 unspecified atom stereocenters. The van der Waals surface area contributed by atoms with E-state index >= 15 is 0 Å². The number of aliphatic hydroxyl groups is 1. The van der Waals surface area contributed by atoms with E-state index in [4.69, 9.17) is 37.0 Å². The summed E-state index contributed by atoms with van der Waals surface area (Å²) in [5, 5.41) is 10.6. The molecule has 3 N–H and O–H groups in total. The number of hydrogen-bond donors (Lipinski definition) is 3. The quantitative estimate of drug-likeness (QED) is 0.0169. The number of esters is 4. The van der Waals surface area contributed by atoms with Crippen molar-refractivity contribution in [1.82, 2.24) is 0 Å². The van der Waals surface area contributed by atoms with Gasteiger partial charge in [0.2, 0.25) is 0 Å². The highest BCUT2D eigenvalue weighted by Gasteiger charge is 2.30. The van der Waals surface area contributed by atoms with Gasteiger partial charge in [0.25, 0.3) is 0 Å². The number of hydrogen-bond acceptors (Lipinski definition) is 15. The smallest absolute Gasteiger partial charge is 0.462 e. The van der Waals surface area contributed by atoms with E-state index in [-0.39, 0.29) is 25.7 Å². The number of aliphatic hydroxyl groups excluding tert-OH is 1. The normalized spacial score (nSPS) is 14.6. The third-order valence-corrected chi connectivity index (χ3v) is 18.5. The molecule has 0 fully saturated rings. The van der Waals surface area contributed by atoms with Crippen molar-refractivity contribution in [2.75, 3.05) is 39.6 Å². The fraction of sp³-hybridized carbons (Fsp3) is 0.694. The number of phosphoric acid groups is 2. The first kappa shape index (κ1) is 99.2. The Balaban J connectivity index is 5.37. The molecule has 0 spiro atoms. The molecule has 596 valence electrons. The number of phosphoric ester groups is 2. The Bertz CT molecular complexity index is 2490. The topological polar surface area (TPSA) is 237 Å². The second-order valence-electron chi connectivity index (χ2n) is 26.6. The Labute approximate surface area is 631 Å². The fourth-order valence-electron chi connectivity index (χ4n) is 10.5. The molecule has 19 heteroatoms. The summed E-state index contributed by atoms with van der Waals surface area (Å²) in [5.41, 5.74) is 0. The fourth-order valence-corrected chi connectivity index (χ4v) is 12.1. The van der Waals surface area contributed by atoms with Crippen molar-refractivity contribution in [3.05, 3.63) is 134 Å². The van der Waals surface area contributed by atoms with Gasteiger partial charge in [0.05, 0.1) is 26.4 Å². The van der Waals surface area contributed by atoms with Gasteiger partial charge in [-0.05, 0) is 135 Å². The van der Waals surface area contributed by atoms with Gasteiger partial charge in [0.1, 0.15) is 19.3 Å². The molecule has 104 heavy (non-hydrogen) atoms. The molecular formula is C85H144O17P2. The summed E-state index contributed by atoms with van der Waals surface area (Å²) in [6.45, 7) is 4.53. The number of carbonyl (C=O) groups excluding carboxylic acids is 4. The largest absolute Gasteiger partial charge is 0.472 e. The second-order valence-corrected chi connectivity index (χ2v) is 29.5. The van der Waals surface area contributed by atoms with E-state index in [0.717, 1.165) is 193 Å². The van der Waals surface area contributed by atoms with Crippen LogP contribution in [-0.4, -0.2) is 96.7 Å². The van der Waals surface area contributed by atoms with Crippen LogP contribution in [0.4, 0.5) is 0 Å². The molecule has 0 rings (SSSR count). The van der Waals surface area contributed by atoms with E-state index in [1.807, 2.05) is 0 Å². The van der Waals surface area contributed by atoms with Crippen LogP contribution in [-0.2, 0) is 65.4 Å². The molecule has 0 bridgehead atoms. The standard InChI is InChI=1S/C85H144O17P2/c1-5-9-13-17-21-25-29-33-35-37-39-41-43-47-49-53-57-61-65-69-82(87)95-75-80(101-84(89)71-67-63-59-55-51-45-31-27-23-19-15-11-7-3)77-99-103(91,92)97-73-79(86)74-98-104(93,94)100-78-81(102-85(90)72-68-64-60-56-52-46-32-28-24-20-16-12-8-4)76-96-83(88)70-66-62-58-54-50-48-44-42-40-38-36-34-30-26-22-18-14-10-6-2/h9-10,13-15,19,21-22,25-27,31,33-36,39-42,47,49,79-81,86H,5-8,11-12,16-18,20,23-24,28-30,32,37-38,43-46,48,50-78H2,1-4H3,(H,91,92)(H,93,94)/b13-9-,14-10-,19-15-,25-21-,26-22-,31-27-,35-33-,36-34-,41-39-,42-40-,49-47-. The molecule has 17 nitrogen and oxygen atoms in total. The van der Waals surface area contributed by atoms with Crippen molar-refractivity contribution in [1.29, 1.82) is 0 Å². The predicted octanol–water partition coefficient (Wildman–Crippen LogP) is 23.7. The Kier molecular flexibility index (Phi) is 72.9. The molecular weight excluding hydrogens is 1350 g/mol. The van der Waals surface area contributed by atoms with Crippen LogP contribution in [0.1, 0.15) is 323 Å². The molecule has 0 saturated heterocycles. The summed E-state index contributed by atoms with van der Waals surface area (Å²) >= 11 is 0. The summed E-state index contributed by atoms with van der Waals surface area (Å²) in [4.78, 5) is 73.0. The van der Waals surface area contributed by atoms with Crippen molar-refractivity contribution in [2.24, 2.45) is 0 Å². The first-order valence-corrected chi connectivity index (χ1v) is 43.4. The van der Waals surface area contributed by atoms with E-state index in [2.05, 4.69) is 161 Å². The molecule has 0 aliphatic heterocycles. The monoisotopic (exact) mass is 1500 g/mol. The van der Waals surface area contributed by atoms with E-state index in [9.17, 15) is 43.2 Å². The maximum absolute atomic E-state index is 13.1. The maximum atomic E-state index is 13.1. The van der Waals surface area contributed by atoms with Crippen LogP contribution < -0.4 is 0 Å². The van der Waals surface area contributed by atoms with Crippen LogP contribution >= 0.6 is 15.6 Å². The summed E-state index contributed by atoms with van der Waals surface area (Å²) in [6.07, 6.45) is 85.7. The molecule has 0 aromatic carbocycles. The van der Waals surface area contributed by atoms with Gasteiger partial charge in [-0.3, -0.25) is 37.3 Å². The summed E-state index contributed by atoms with van der Waals surface area (Å²) < 4.78 is 68.6. The minimum absolute atomic E-state index is 0.0683. The molecule has 0 radical (unpaired) electrons. The average Bonchev–Trinajstić information content (AvgIpc) is 0.913. The van der Waals surface area contributed by atoms with Crippen LogP contribution in [0.2, 0.25) is 0 Å². The highest BCUT2D eigenvalue weighted by molar-refractivity contribution is 7.47. The summed E-state index contributed by atoms with van der Waals surface area (Å²) in [6, 6.07) is 0. The van der Waals surface area contributed by atoms with Crippen LogP contribution in [0.25, 0.3) is 0 Å². The lowest BCUT2D eigenvalue weighted by atomic mass is 10.0. The Morgan fingerprint density at radius 3 is 0.817 bits per heavy atom. The molecule has 0 saturated carbocycles. The van der Waals surface area contributed by atoms with Gasteiger partial charge in [-0.1, -0.05) is 296 Å². The average molecular weight is 1500 g/mol. The minimum atomic E-state index is -4.99. The van der Waals surface area contributed by atoms with Gasteiger partial charge < -0.3 is 33.8 Å². The Hall–Kier alpha value is -4.80. The third kappa shape index (κ3) is 75.4. The zero-order valence-electron chi connectivity index (χ0n) is 65.2. The van der Waals surface area contributed by atoms with E-state index < -0.39 is 97.5 Å². The van der Waals surface area contributed by atoms with Gasteiger partial charge >= 0.3 is 39.5 Å². The second kappa shape index (κ2) is 76.4. The lowest BCUT2D eigenvalue weighted by Crippen LogP contribution is -2.30. The van der Waals surface area contributed by atoms with Crippen LogP contribution in [0, 0.1) is 0 Å². The number of unbranched alkanes of at least 4 members (excludes halogenated alkanes) is 27. The Morgan fingerprint density at radius 2 is 0.519 bits per heavy atom. The summed E-state index contributed by atoms with van der Waals surface area (Å²) in [7, 11) is -9.97. The van der Waals surface area contributed by atoms with Gasteiger partial charge in [-0.25, -0.2) is 9.13 Å². The molecule has 0 aromatic rings. The SMILES string of the molecule is CC/C=C\C/C=C\C/C=C\C/C=C\C/C=C\CCCCCC(=O)OCC(COP(=O)(O)OCC(O)COP(=O)(O)OCC(COC(=O)CCCCCCCC/C=C\C/C=C\C/C=C\C/C=C\CC)OC(=O)CCCCCCCCCCCCCCC)OC(=O)CCCCCCC/C=C\C/C=C\CCC. The van der Waals surface area contributed by atoms with E-state index in [1.54, 1.807) is 0 Å². The van der Waals surface area contributed by atoms with Gasteiger partial charge in [0.15, 0.2) is 12.2 Å². The van der Waals surface area contributed by atoms with Crippen molar-refractivity contribution >= 4 is 39.5 Å². The molecule has 0 aromatic heterocycles. The lowest BCUT2D eigenvalue weighted by molar-refractivity contribution is -0.161. The molecule has 5 atom stereocenters. The minimum Gasteiger partial charge on any atom is -0.462 e. The van der Waals surface area contributed by atoms with Crippen molar-refractivity contribution in [3.8, 4) is 0 Å². The first-order chi connectivity index (χ1) is 50.7. The van der Waals surface area contributed by atoms with Gasteiger partial charge in [-0.15, -0.1) is 0 Å². The zero-order chi connectivity index (χ0) is 76.0. The third-order valence-electron chi connectivity index (χ3n) is 16.6. The lowest BCUT2D eigenvalue weighted by Gasteiger charge is -2.21. The van der Waals surface area contributed by atoms with E-state index in [0.29, 0.717) is 25.7 Å². The van der Waals surface area contributed by atoms with E-state index in [1.165, 1.54) is 51.4 Å². The molecule has 0 aliphatic rings. The highest BCUT2D eigenvalue weighted by atomic mass is 31.2.